The van der Waals surface area contributed by atoms with E-state index >= 15 is 0 Å². The van der Waals surface area contributed by atoms with E-state index in [4.69, 9.17) is 5.11 Å². The third-order valence-electron chi connectivity index (χ3n) is 3.72. The maximum Gasteiger partial charge on any atom is 0.315 e. The van der Waals surface area contributed by atoms with Gasteiger partial charge in [0.2, 0.25) is 5.91 Å². The molecule has 0 bridgehead atoms. The Balaban J connectivity index is 1.69. The first-order chi connectivity index (χ1) is 9.04. The van der Waals surface area contributed by atoms with Crippen molar-refractivity contribution in [3.63, 3.8) is 0 Å². The summed E-state index contributed by atoms with van der Waals surface area (Å²) in [5, 5.41) is 17.1. The third kappa shape index (κ3) is 3.84. The van der Waals surface area contributed by atoms with Crippen molar-refractivity contribution in [1.82, 2.24) is 16.0 Å². The smallest absolute Gasteiger partial charge is 0.315 e. The minimum absolute atomic E-state index is 0.0284. The van der Waals surface area contributed by atoms with Crippen LogP contribution in [0.15, 0.2) is 0 Å². The minimum atomic E-state index is -0.751. The van der Waals surface area contributed by atoms with Gasteiger partial charge in [0.1, 0.15) is 0 Å². The van der Waals surface area contributed by atoms with Crippen LogP contribution < -0.4 is 16.0 Å². The van der Waals surface area contributed by atoms with E-state index in [9.17, 15) is 14.4 Å². The van der Waals surface area contributed by atoms with Gasteiger partial charge in [-0.25, -0.2) is 4.79 Å². The molecule has 0 radical (unpaired) electrons. The fourth-order valence-corrected chi connectivity index (χ4v) is 2.60. The van der Waals surface area contributed by atoms with Crippen LogP contribution in [0.3, 0.4) is 0 Å². The second kappa shape index (κ2) is 5.90. The molecule has 2 aliphatic rings. The number of hydrogen-bond acceptors (Lipinski definition) is 3. The number of amides is 3. The van der Waals surface area contributed by atoms with E-state index in [-0.39, 0.29) is 29.9 Å². The Hall–Kier alpha value is -1.79. The van der Waals surface area contributed by atoms with Crippen molar-refractivity contribution in [3.05, 3.63) is 0 Å². The van der Waals surface area contributed by atoms with Crippen molar-refractivity contribution in [3.8, 4) is 0 Å². The Kier molecular flexibility index (Phi) is 4.24. The number of hydrogen-bond donors (Lipinski definition) is 4. The van der Waals surface area contributed by atoms with Gasteiger partial charge in [0.05, 0.1) is 12.0 Å². The van der Waals surface area contributed by atoms with Crippen LogP contribution in [0.25, 0.3) is 0 Å². The SMILES string of the molecule is O=C1CC(NC(=O)NC2CCC(C(=O)O)CC2)CN1. The molecule has 1 aliphatic carbocycles. The highest BCUT2D eigenvalue weighted by molar-refractivity contribution is 5.81. The van der Waals surface area contributed by atoms with E-state index in [1.807, 2.05) is 0 Å². The molecule has 0 aromatic heterocycles. The molecule has 0 aromatic rings. The topological polar surface area (TPSA) is 108 Å². The van der Waals surface area contributed by atoms with Gasteiger partial charge < -0.3 is 21.1 Å². The molecule has 2 fully saturated rings. The molecule has 0 aromatic carbocycles. The van der Waals surface area contributed by atoms with Crippen LogP contribution >= 0.6 is 0 Å². The van der Waals surface area contributed by atoms with Gasteiger partial charge >= 0.3 is 12.0 Å². The Bertz CT molecular complexity index is 377. The summed E-state index contributed by atoms with van der Waals surface area (Å²) >= 11 is 0. The summed E-state index contributed by atoms with van der Waals surface area (Å²) in [7, 11) is 0. The molecule has 1 heterocycles. The fourth-order valence-electron chi connectivity index (χ4n) is 2.60. The highest BCUT2D eigenvalue weighted by Crippen LogP contribution is 2.24. The summed E-state index contributed by atoms with van der Waals surface area (Å²) in [6, 6.07) is -0.399. The predicted octanol–water partition coefficient (Wildman–Crippen LogP) is -0.182. The van der Waals surface area contributed by atoms with E-state index in [0.29, 0.717) is 38.6 Å². The number of aliphatic carboxylic acids is 1. The lowest BCUT2D eigenvalue weighted by atomic mass is 9.86. The Morgan fingerprint density at radius 3 is 2.26 bits per heavy atom. The highest BCUT2D eigenvalue weighted by Gasteiger charge is 2.28. The molecular weight excluding hydrogens is 250 g/mol. The van der Waals surface area contributed by atoms with Crippen molar-refractivity contribution in [2.45, 2.75) is 44.2 Å². The zero-order chi connectivity index (χ0) is 13.8. The first-order valence-electron chi connectivity index (χ1n) is 6.61. The molecule has 3 amide bonds. The van der Waals surface area contributed by atoms with E-state index in [1.165, 1.54) is 0 Å². The molecule has 0 spiro atoms. The summed E-state index contributed by atoms with van der Waals surface area (Å²) < 4.78 is 0. The van der Waals surface area contributed by atoms with Gasteiger partial charge in [-0.05, 0) is 25.7 Å². The summed E-state index contributed by atoms with van der Waals surface area (Å²) in [4.78, 5) is 33.5. The maximum atomic E-state index is 11.7. The number of carbonyl (C=O) groups is 3. The van der Waals surface area contributed by atoms with Gasteiger partial charge in [-0.2, -0.15) is 0 Å². The van der Waals surface area contributed by atoms with E-state index < -0.39 is 5.97 Å². The molecule has 1 unspecified atom stereocenters. The molecule has 2 rings (SSSR count). The predicted molar refractivity (Wildman–Crippen MR) is 66.5 cm³/mol. The van der Waals surface area contributed by atoms with Crippen molar-refractivity contribution < 1.29 is 19.5 Å². The van der Waals surface area contributed by atoms with Gasteiger partial charge in [0.15, 0.2) is 0 Å². The number of urea groups is 1. The maximum absolute atomic E-state index is 11.7. The molecule has 1 atom stereocenters. The molecule has 19 heavy (non-hydrogen) atoms. The van der Waals surface area contributed by atoms with Crippen LogP contribution in [-0.4, -0.2) is 41.6 Å². The number of carboxylic acid groups (broad SMARTS) is 1. The average Bonchev–Trinajstić information content (AvgIpc) is 2.75. The standard InChI is InChI=1S/C12H19N3O4/c16-10-5-9(6-13-10)15-12(19)14-8-3-1-7(2-4-8)11(17)18/h7-9H,1-6H2,(H,13,16)(H,17,18)(H2,14,15,19). The van der Waals surface area contributed by atoms with Crippen LogP contribution in [0.5, 0.6) is 0 Å². The highest BCUT2D eigenvalue weighted by atomic mass is 16.4. The Morgan fingerprint density at radius 1 is 1.11 bits per heavy atom. The van der Waals surface area contributed by atoms with Crippen LogP contribution in [-0.2, 0) is 9.59 Å². The lowest BCUT2D eigenvalue weighted by Crippen LogP contribution is -2.48. The van der Waals surface area contributed by atoms with Gasteiger partial charge in [-0.15, -0.1) is 0 Å². The summed E-state index contributed by atoms with van der Waals surface area (Å²) in [6.07, 6.45) is 2.89. The second-order valence-electron chi connectivity index (χ2n) is 5.21. The van der Waals surface area contributed by atoms with Crippen molar-refractivity contribution in [1.29, 1.82) is 0 Å². The lowest BCUT2D eigenvalue weighted by Gasteiger charge is -2.27. The monoisotopic (exact) mass is 269 g/mol. The van der Waals surface area contributed by atoms with Crippen LogP contribution in [0.1, 0.15) is 32.1 Å². The van der Waals surface area contributed by atoms with Gasteiger partial charge in [-0.3, -0.25) is 9.59 Å². The second-order valence-corrected chi connectivity index (χ2v) is 5.21. The van der Waals surface area contributed by atoms with Crippen molar-refractivity contribution in [2.24, 2.45) is 5.92 Å². The molecule has 1 saturated heterocycles. The van der Waals surface area contributed by atoms with E-state index in [1.54, 1.807) is 0 Å². The van der Waals surface area contributed by atoms with E-state index in [2.05, 4.69) is 16.0 Å². The Labute approximate surface area is 111 Å². The molecule has 7 heteroatoms. The van der Waals surface area contributed by atoms with Gasteiger partial charge in [0.25, 0.3) is 0 Å². The molecule has 4 N–H and O–H groups in total. The van der Waals surface area contributed by atoms with Crippen LogP contribution in [0.4, 0.5) is 4.79 Å². The molecule has 1 aliphatic heterocycles. The minimum Gasteiger partial charge on any atom is -0.481 e. The van der Waals surface area contributed by atoms with Gasteiger partial charge in [-0.1, -0.05) is 0 Å². The number of carboxylic acids is 1. The largest absolute Gasteiger partial charge is 0.481 e. The first-order valence-corrected chi connectivity index (χ1v) is 6.61. The zero-order valence-electron chi connectivity index (χ0n) is 10.6. The number of nitrogens with one attached hydrogen (secondary N) is 3. The lowest BCUT2D eigenvalue weighted by molar-refractivity contribution is -0.142. The molecular formula is C12H19N3O4. The summed E-state index contributed by atoms with van der Waals surface area (Å²) in [5.41, 5.74) is 0. The van der Waals surface area contributed by atoms with Gasteiger partial charge in [0, 0.05) is 19.0 Å². The van der Waals surface area contributed by atoms with Crippen LogP contribution in [0.2, 0.25) is 0 Å². The van der Waals surface area contributed by atoms with Crippen molar-refractivity contribution in [2.75, 3.05) is 6.54 Å². The van der Waals surface area contributed by atoms with Crippen molar-refractivity contribution >= 4 is 17.9 Å². The molecule has 7 nitrogen and oxygen atoms in total. The van der Waals surface area contributed by atoms with Crippen LogP contribution in [0, 0.1) is 5.92 Å². The first kappa shape index (κ1) is 13.6. The number of rotatable bonds is 3. The Morgan fingerprint density at radius 2 is 1.74 bits per heavy atom. The molecule has 1 saturated carbocycles. The summed E-state index contributed by atoms with van der Waals surface area (Å²) in [5.74, 6) is -1.08. The van der Waals surface area contributed by atoms with E-state index in [0.717, 1.165) is 0 Å². The summed E-state index contributed by atoms with van der Waals surface area (Å²) in [6.45, 7) is 0.470. The average molecular weight is 269 g/mol. The quantitative estimate of drug-likeness (QED) is 0.570. The fraction of sp³-hybridized carbons (Fsp3) is 0.750. The normalized spacial score (nSPS) is 30.5. The molecule has 106 valence electrons. The number of carbonyl (C=O) groups excluding carboxylic acids is 2. The zero-order valence-corrected chi connectivity index (χ0v) is 10.6. The third-order valence-corrected chi connectivity index (χ3v) is 3.72.